The van der Waals surface area contributed by atoms with Crippen LogP contribution in [0.4, 0.5) is 0 Å². The largest absolute Gasteiger partial charge is 0.357 e. The number of piperidine rings is 1. The Hall–Kier alpha value is -1.30. The fraction of sp³-hybridized carbons (Fsp3) is 0.895. The van der Waals surface area contributed by atoms with Crippen LogP contribution in [0.2, 0.25) is 0 Å². The Balaban J connectivity index is 2.46. The van der Waals surface area contributed by atoms with Gasteiger partial charge in [-0.1, -0.05) is 6.42 Å². The molecule has 1 saturated heterocycles. The van der Waals surface area contributed by atoms with Crippen molar-refractivity contribution < 1.29 is 4.79 Å². The summed E-state index contributed by atoms with van der Waals surface area (Å²) < 4.78 is 0. The molecule has 1 fully saturated rings. The van der Waals surface area contributed by atoms with Crippen molar-refractivity contribution in [3.63, 3.8) is 0 Å². The fourth-order valence-corrected chi connectivity index (χ4v) is 3.47. The van der Waals surface area contributed by atoms with Crippen molar-refractivity contribution in [1.29, 1.82) is 0 Å². The molecule has 2 N–H and O–H groups in total. The Morgan fingerprint density at radius 1 is 1.24 bits per heavy atom. The van der Waals surface area contributed by atoms with E-state index in [-0.39, 0.29) is 5.91 Å². The third-order valence-electron chi connectivity index (χ3n) is 5.03. The van der Waals surface area contributed by atoms with Gasteiger partial charge in [0.25, 0.3) is 0 Å². The normalized spacial score (nSPS) is 20.2. The van der Waals surface area contributed by atoms with Crippen LogP contribution in [0.5, 0.6) is 0 Å². The molecule has 2 atom stereocenters. The summed E-state index contributed by atoms with van der Waals surface area (Å²) in [7, 11) is 0. The van der Waals surface area contributed by atoms with Crippen molar-refractivity contribution in [2.24, 2.45) is 4.99 Å². The quantitative estimate of drug-likeness (QED) is 0.492. The molecule has 1 aliphatic heterocycles. The highest BCUT2D eigenvalue weighted by atomic mass is 16.2. The maximum absolute atomic E-state index is 12.1. The lowest BCUT2D eigenvalue weighted by Gasteiger charge is -2.37. The van der Waals surface area contributed by atoms with E-state index >= 15 is 0 Å². The van der Waals surface area contributed by atoms with Crippen LogP contribution in [-0.4, -0.2) is 73.0 Å². The third-order valence-corrected chi connectivity index (χ3v) is 5.03. The molecule has 1 amide bonds. The summed E-state index contributed by atoms with van der Waals surface area (Å²) in [5, 5.41) is 6.58. The molecule has 0 saturated carbocycles. The van der Waals surface area contributed by atoms with E-state index in [2.05, 4.69) is 36.3 Å². The number of hydrogen-bond acceptors (Lipinski definition) is 3. The number of rotatable bonds is 9. The van der Waals surface area contributed by atoms with E-state index in [9.17, 15) is 4.79 Å². The molecule has 0 spiro atoms. The van der Waals surface area contributed by atoms with E-state index in [1.54, 1.807) is 0 Å². The average molecular weight is 354 g/mol. The molecular weight excluding hydrogens is 314 g/mol. The van der Waals surface area contributed by atoms with Gasteiger partial charge in [-0.15, -0.1) is 0 Å². The first-order chi connectivity index (χ1) is 12.0. The highest BCUT2D eigenvalue weighted by Crippen LogP contribution is 2.19. The summed E-state index contributed by atoms with van der Waals surface area (Å²) >= 11 is 0. The van der Waals surface area contributed by atoms with Crippen LogP contribution in [0.3, 0.4) is 0 Å². The predicted molar refractivity (Wildman–Crippen MR) is 106 cm³/mol. The molecule has 1 heterocycles. The second kappa shape index (κ2) is 12.1. The molecular formula is C19H39N5O. The van der Waals surface area contributed by atoms with Gasteiger partial charge in [0.2, 0.25) is 5.91 Å². The zero-order chi connectivity index (χ0) is 18.7. The van der Waals surface area contributed by atoms with Gasteiger partial charge in [-0.2, -0.15) is 0 Å². The van der Waals surface area contributed by atoms with E-state index < -0.39 is 0 Å². The minimum absolute atomic E-state index is 0.198. The van der Waals surface area contributed by atoms with Crippen molar-refractivity contribution in [2.45, 2.75) is 72.4 Å². The maximum atomic E-state index is 12.1. The summed E-state index contributed by atoms with van der Waals surface area (Å²) in [5.41, 5.74) is 0. The van der Waals surface area contributed by atoms with Crippen LogP contribution >= 0.6 is 0 Å². The number of aliphatic imine (C=N–C) groups is 1. The predicted octanol–water partition coefficient (Wildman–Crippen LogP) is 2.06. The number of amides is 1. The lowest BCUT2D eigenvalue weighted by molar-refractivity contribution is -0.130. The Bertz CT molecular complexity index is 409. The van der Waals surface area contributed by atoms with Crippen LogP contribution in [0.25, 0.3) is 0 Å². The molecule has 25 heavy (non-hydrogen) atoms. The molecule has 1 aliphatic rings. The lowest BCUT2D eigenvalue weighted by Crippen LogP contribution is -2.46. The Kier molecular flexibility index (Phi) is 10.5. The Labute approximate surface area is 154 Å². The van der Waals surface area contributed by atoms with Gasteiger partial charge >= 0.3 is 0 Å². The summed E-state index contributed by atoms with van der Waals surface area (Å²) in [6, 6.07) is 1.10. The second-order valence-corrected chi connectivity index (χ2v) is 6.89. The molecule has 0 aliphatic carbocycles. The van der Waals surface area contributed by atoms with Gasteiger partial charge in [0.05, 0.1) is 6.54 Å². The highest BCUT2D eigenvalue weighted by molar-refractivity contribution is 5.81. The zero-order valence-electron chi connectivity index (χ0n) is 17.0. The Morgan fingerprint density at radius 3 is 2.56 bits per heavy atom. The van der Waals surface area contributed by atoms with Gasteiger partial charge in [0.1, 0.15) is 0 Å². The smallest absolute Gasteiger partial charge is 0.224 e. The minimum Gasteiger partial charge on any atom is -0.357 e. The maximum Gasteiger partial charge on any atom is 0.224 e. The highest BCUT2D eigenvalue weighted by Gasteiger charge is 2.22. The van der Waals surface area contributed by atoms with Gasteiger partial charge in [-0.05, 0) is 54.0 Å². The van der Waals surface area contributed by atoms with Crippen LogP contribution in [0.1, 0.15) is 60.3 Å². The summed E-state index contributed by atoms with van der Waals surface area (Å²) in [6.45, 7) is 15.6. The van der Waals surface area contributed by atoms with Crippen molar-refractivity contribution >= 4 is 11.9 Å². The monoisotopic (exact) mass is 353 g/mol. The number of guanidine groups is 1. The first-order valence-electron chi connectivity index (χ1n) is 10.1. The molecule has 6 nitrogen and oxygen atoms in total. The van der Waals surface area contributed by atoms with E-state index in [1.165, 1.54) is 25.8 Å². The lowest BCUT2D eigenvalue weighted by atomic mass is 10.0. The first-order valence-corrected chi connectivity index (χ1v) is 10.1. The minimum atomic E-state index is 0.198. The topological polar surface area (TPSA) is 60.0 Å². The van der Waals surface area contributed by atoms with Crippen LogP contribution < -0.4 is 10.6 Å². The molecule has 0 aromatic heterocycles. The standard InChI is InChI=1S/C19H39N5O/c1-6-20-19(21-13-12-18(25)23(7-2)8-3)22-15-17(5)24-14-10-9-11-16(24)4/h16-17H,6-15H2,1-5H3,(H2,20,21,22). The van der Waals surface area contributed by atoms with Crippen LogP contribution in [0, 0.1) is 0 Å². The molecule has 0 bridgehead atoms. The summed E-state index contributed by atoms with van der Waals surface area (Å²) in [5.74, 6) is 1.01. The van der Waals surface area contributed by atoms with Crippen LogP contribution in [0.15, 0.2) is 4.99 Å². The zero-order valence-corrected chi connectivity index (χ0v) is 17.0. The van der Waals surface area contributed by atoms with E-state index in [0.717, 1.165) is 32.1 Å². The SMILES string of the molecule is CCNC(=NCC(C)N1CCCCC1C)NCCC(=O)N(CC)CC. The number of likely N-dealkylation sites (tertiary alicyclic amines) is 1. The van der Waals surface area contributed by atoms with Crippen molar-refractivity contribution in [1.82, 2.24) is 20.4 Å². The fourth-order valence-electron chi connectivity index (χ4n) is 3.47. The van der Waals surface area contributed by atoms with Gasteiger partial charge in [0.15, 0.2) is 5.96 Å². The number of carbonyl (C=O) groups excluding carboxylic acids is 1. The molecule has 0 radical (unpaired) electrons. The third kappa shape index (κ3) is 7.63. The van der Waals surface area contributed by atoms with E-state index in [0.29, 0.717) is 25.0 Å². The molecule has 0 aromatic carbocycles. The summed E-state index contributed by atoms with van der Waals surface area (Å²) in [6.07, 6.45) is 4.44. The Morgan fingerprint density at radius 2 is 1.96 bits per heavy atom. The number of hydrogen-bond donors (Lipinski definition) is 2. The second-order valence-electron chi connectivity index (χ2n) is 6.89. The molecule has 0 aromatic rings. The average Bonchev–Trinajstić information content (AvgIpc) is 2.60. The molecule has 2 unspecified atom stereocenters. The molecule has 146 valence electrons. The van der Waals surface area contributed by atoms with Gasteiger partial charge < -0.3 is 15.5 Å². The van der Waals surface area contributed by atoms with Crippen LogP contribution in [-0.2, 0) is 4.79 Å². The van der Waals surface area contributed by atoms with Gasteiger partial charge in [-0.25, -0.2) is 0 Å². The molecule has 1 rings (SSSR count). The number of carbonyl (C=O) groups is 1. The van der Waals surface area contributed by atoms with Gasteiger partial charge in [-0.3, -0.25) is 14.7 Å². The summed E-state index contributed by atoms with van der Waals surface area (Å²) in [4.78, 5) is 21.2. The van der Waals surface area contributed by atoms with Crippen molar-refractivity contribution in [3.05, 3.63) is 0 Å². The first kappa shape index (κ1) is 21.7. The number of nitrogens with zero attached hydrogens (tertiary/aromatic N) is 3. The van der Waals surface area contributed by atoms with E-state index in [1.807, 2.05) is 18.7 Å². The molecule has 6 heteroatoms. The van der Waals surface area contributed by atoms with Crippen molar-refractivity contribution in [3.8, 4) is 0 Å². The van der Waals surface area contributed by atoms with Gasteiger partial charge in [0, 0.05) is 44.7 Å². The number of nitrogens with one attached hydrogen (secondary N) is 2. The van der Waals surface area contributed by atoms with E-state index in [4.69, 9.17) is 4.99 Å². The van der Waals surface area contributed by atoms with Crippen molar-refractivity contribution in [2.75, 3.05) is 39.3 Å².